The minimum atomic E-state index is -1.02. The average molecular weight is 219 g/mol. The summed E-state index contributed by atoms with van der Waals surface area (Å²) in [6.07, 6.45) is 0. The summed E-state index contributed by atoms with van der Waals surface area (Å²) in [5.74, 6) is -1.02. The van der Waals surface area contributed by atoms with Gasteiger partial charge in [0.2, 0.25) is 0 Å². The summed E-state index contributed by atoms with van der Waals surface area (Å²) in [5.41, 5.74) is 6.36. The minimum Gasteiger partial charge on any atom is -0.478 e. The maximum atomic E-state index is 10.9. The molecule has 76 valence electrons. The fourth-order valence-corrected chi connectivity index (χ4v) is 1.81. The van der Waals surface area contributed by atoms with Gasteiger partial charge in [0.15, 0.2) is 0 Å². The Labute approximate surface area is 91.9 Å². The second-order valence-corrected chi connectivity index (χ2v) is 3.66. The number of carboxylic acid groups (broad SMARTS) is 1. The van der Waals surface area contributed by atoms with Crippen molar-refractivity contribution in [1.82, 2.24) is 0 Å². The number of thiol groups is 1. The van der Waals surface area contributed by atoms with Gasteiger partial charge in [-0.05, 0) is 11.5 Å². The summed E-state index contributed by atoms with van der Waals surface area (Å²) >= 11 is 4.12. The molecule has 3 N–H and O–H groups in total. The summed E-state index contributed by atoms with van der Waals surface area (Å²) in [4.78, 5) is 11.2. The van der Waals surface area contributed by atoms with E-state index >= 15 is 0 Å². The normalized spacial score (nSPS) is 10.5. The highest BCUT2D eigenvalue weighted by molar-refractivity contribution is 7.80. The third-order valence-corrected chi connectivity index (χ3v) is 2.77. The number of benzene rings is 2. The van der Waals surface area contributed by atoms with Crippen LogP contribution in [0.4, 0.5) is 5.69 Å². The molecule has 2 aromatic rings. The Hall–Kier alpha value is -1.68. The van der Waals surface area contributed by atoms with Crippen molar-refractivity contribution in [3.63, 3.8) is 0 Å². The lowest BCUT2D eigenvalue weighted by molar-refractivity contribution is 0.0693. The molecule has 0 saturated heterocycles. The zero-order chi connectivity index (χ0) is 11.0. The Morgan fingerprint density at radius 1 is 1.33 bits per heavy atom. The highest BCUT2D eigenvalue weighted by Crippen LogP contribution is 2.30. The molecule has 0 aliphatic heterocycles. The summed E-state index contributed by atoms with van der Waals surface area (Å²) in [6.45, 7) is 0. The van der Waals surface area contributed by atoms with Crippen molar-refractivity contribution in [1.29, 1.82) is 0 Å². The summed E-state index contributed by atoms with van der Waals surface area (Å²) < 4.78 is 0. The molecule has 0 radical (unpaired) electrons. The van der Waals surface area contributed by atoms with E-state index in [0.29, 0.717) is 10.6 Å². The van der Waals surface area contributed by atoms with E-state index in [4.69, 9.17) is 10.8 Å². The Bertz CT molecular complexity index is 552. The molecule has 0 aromatic heterocycles. The summed E-state index contributed by atoms with van der Waals surface area (Å²) in [7, 11) is 0. The highest BCUT2D eigenvalue weighted by atomic mass is 32.1. The molecular weight excluding hydrogens is 210 g/mol. The molecule has 0 heterocycles. The standard InChI is InChI=1S/C11H9NO2S/c12-9-7-4-2-1-3-6(7)5-8(10(9)15)11(13)14/h1-5,15H,12H2,(H,13,14). The first-order valence-electron chi connectivity index (χ1n) is 4.34. The molecule has 4 heteroatoms. The van der Waals surface area contributed by atoms with Crippen LogP contribution in [0.2, 0.25) is 0 Å². The predicted octanol–water partition coefficient (Wildman–Crippen LogP) is 2.41. The first-order valence-corrected chi connectivity index (χ1v) is 4.79. The number of nitrogen functional groups attached to an aromatic ring is 1. The lowest BCUT2D eigenvalue weighted by Gasteiger charge is -2.08. The second kappa shape index (κ2) is 3.47. The maximum absolute atomic E-state index is 10.9. The molecule has 0 atom stereocenters. The van der Waals surface area contributed by atoms with Gasteiger partial charge in [0.25, 0.3) is 0 Å². The van der Waals surface area contributed by atoms with E-state index in [2.05, 4.69) is 12.6 Å². The number of hydrogen-bond acceptors (Lipinski definition) is 3. The molecule has 0 aliphatic carbocycles. The van der Waals surface area contributed by atoms with Crippen molar-refractivity contribution in [2.75, 3.05) is 5.73 Å². The molecule has 0 aliphatic rings. The molecule has 15 heavy (non-hydrogen) atoms. The van der Waals surface area contributed by atoms with Crippen LogP contribution in [0.15, 0.2) is 35.2 Å². The number of fused-ring (bicyclic) bond motifs is 1. The highest BCUT2D eigenvalue weighted by Gasteiger charge is 2.12. The van der Waals surface area contributed by atoms with E-state index < -0.39 is 5.97 Å². The van der Waals surface area contributed by atoms with Gasteiger partial charge < -0.3 is 10.8 Å². The Kier molecular flexibility index (Phi) is 2.28. The van der Waals surface area contributed by atoms with Gasteiger partial charge >= 0.3 is 5.97 Å². The third-order valence-electron chi connectivity index (χ3n) is 2.29. The van der Waals surface area contributed by atoms with Crippen molar-refractivity contribution >= 4 is 35.1 Å². The number of rotatable bonds is 1. The van der Waals surface area contributed by atoms with Crippen LogP contribution >= 0.6 is 12.6 Å². The van der Waals surface area contributed by atoms with Gasteiger partial charge in [-0.15, -0.1) is 12.6 Å². The van der Waals surface area contributed by atoms with Gasteiger partial charge in [0, 0.05) is 10.3 Å². The molecule has 0 amide bonds. The first kappa shape index (κ1) is 9.86. The maximum Gasteiger partial charge on any atom is 0.336 e. The van der Waals surface area contributed by atoms with Gasteiger partial charge in [-0.1, -0.05) is 24.3 Å². The molecule has 0 bridgehead atoms. The molecule has 2 rings (SSSR count). The number of anilines is 1. The molecule has 2 aromatic carbocycles. The van der Waals surface area contributed by atoms with Crippen molar-refractivity contribution < 1.29 is 9.90 Å². The third kappa shape index (κ3) is 1.53. The van der Waals surface area contributed by atoms with Crippen LogP contribution in [0.3, 0.4) is 0 Å². The van der Waals surface area contributed by atoms with E-state index in [1.54, 1.807) is 6.07 Å². The number of carboxylic acids is 1. The summed E-state index contributed by atoms with van der Waals surface area (Å²) in [6, 6.07) is 8.94. The van der Waals surface area contributed by atoms with Crippen LogP contribution in [-0.4, -0.2) is 11.1 Å². The molecular formula is C11H9NO2S. The van der Waals surface area contributed by atoms with Crippen molar-refractivity contribution in [3.8, 4) is 0 Å². The number of aromatic carboxylic acids is 1. The zero-order valence-electron chi connectivity index (χ0n) is 7.77. The van der Waals surface area contributed by atoms with E-state index in [0.717, 1.165) is 10.8 Å². The van der Waals surface area contributed by atoms with Crippen LogP contribution < -0.4 is 5.73 Å². The minimum absolute atomic E-state index is 0.134. The van der Waals surface area contributed by atoms with Crippen molar-refractivity contribution in [2.24, 2.45) is 0 Å². The first-order chi connectivity index (χ1) is 7.11. The fourth-order valence-electron chi connectivity index (χ4n) is 1.53. The number of carbonyl (C=O) groups is 1. The van der Waals surface area contributed by atoms with Gasteiger partial charge in [-0.2, -0.15) is 0 Å². The molecule has 0 unspecified atom stereocenters. The van der Waals surface area contributed by atoms with Gasteiger partial charge in [-0.25, -0.2) is 4.79 Å². The average Bonchev–Trinajstić information content (AvgIpc) is 2.23. The van der Waals surface area contributed by atoms with Crippen LogP contribution in [-0.2, 0) is 0 Å². The van der Waals surface area contributed by atoms with Crippen LogP contribution in [0, 0.1) is 0 Å². The Morgan fingerprint density at radius 3 is 2.67 bits per heavy atom. The van der Waals surface area contributed by atoms with Crippen LogP contribution in [0.1, 0.15) is 10.4 Å². The largest absolute Gasteiger partial charge is 0.478 e. The molecule has 0 spiro atoms. The van der Waals surface area contributed by atoms with E-state index in [-0.39, 0.29) is 5.56 Å². The molecule has 0 saturated carbocycles. The quantitative estimate of drug-likeness (QED) is 0.510. The van der Waals surface area contributed by atoms with E-state index in [9.17, 15) is 4.79 Å². The zero-order valence-corrected chi connectivity index (χ0v) is 8.66. The van der Waals surface area contributed by atoms with E-state index in [1.165, 1.54) is 0 Å². The smallest absolute Gasteiger partial charge is 0.336 e. The summed E-state index contributed by atoms with van der Waals surface area (Å²) in [5, 5.41) is 10.6. The fraction of sp³-hybridized carbons (Fsp3) is 0. The van der Waals surface area contributed by atoms with Crippen LogP contribution in [0.25, 0.3) is 10.8 Å². The lowest BCUT2D eigenvalue weighted by atomic mass is 10.0. The SMILES string of the molecule is Nc1c(S)c(C(=O)O)cc2ccccc12. The van der Waals surface area contributed by atoms with Gasteiger partial charge in [0.1, 0.15) is 0 Å². The second-order valence-electron chi connectivity index (χ2n) is 3.21. The Balaban J connectivity index is 2.88. The monoisotopic (exact) mass is 219 g/mol. The molecule has 0 fully saturated rings. The number of hydrogen-bond donors (Lipinski definition) is 3. The van der Waals surface area contributed by atoms with Gasteiger partial charge in [-0.3, -0.25) is 0 Å². The van der Waals surface area contributed by atoms with Crippen LogP contribution in [0.5, 0.6) is 0 Å². The van der Waals surface area contributed by atoms with Crippen molar-refractivity contribution in [2.45, 2.75) is 4.90 Å². The topological polar surface area (TPSA) is 63.3 Å². The molecule has 3 nitrogen and oxygen atoms in total. The lowest BCUT2D eigenvalue weighted by Crippen LogP contribution is -2.01. The van der Waals surface area contributed by atoms with Crippen molar-refractivity contribution in [3.05, 3.63) is 35.9 Å². The Morgan fingerprint density at radius 2 is 2.00 bits per heavy atom. The predicted molar refractivity (Wildman–Crippen MR) is 62.6 cm³/mol. The van der Waals surface area contributed by atoms with E-state index in [1.807, 2.05) is 24.3 Å². The van der Waals surface area contributed by atoms with Gasteiger partial charge in [0.05, 0.1) is 11.3 Å². The number of nitrogens with two attached hydrogens (primary N) is 1.